The van der Waals surface area contributed by atoms with Gasteiger partial charge in [0.2, 0.25) is 0 Å². The Kier molecular flexibility index (Phi) is 4.22. The van der Waals surface area contributed by atoms with Crippen molar-refractivity contribution in [2.24, 2.45) is 0 Å². The summed E-state index contributed by atoms with van der Waals surface area (Å²) in [7, 11) is 2.85. The molecule has 0 spiro atoms. The van der Waals surface area contributed by atoms with E-state index in [0.717, 1.165) is 10.9 Å². The van der Waals surface area contributed by atoms with Gasteiger partial charge >= 0.3 is 5.97 Å². The molecule has 0 radical (unpaired) electrons. The molecule has 1 aromatic carbocycles. The molecule has 0 saturated carbocycles. The number of nitrogens with zero attached hydrogens (tertiary/aromatic N) is 1. The summed E-state index contributed by atoms with van der Waals surface area (Å²) in [5, 5.41) is 4.05. The van der Waals surface area contributed by atoms with Gasteiger partial charge in [-0.3, -0.25) is 9.59 Å². The van der Waals surface area contributed by atoms with Crippen LogP contribution in [0.1, 0.15) is 9.67 Å². The van der Waals surface area contributed by atoms with Gasteiger partial charge in [0.25, 0.3) is 5.91 Å². The Morgan fingerprint density at radius 1 is 1.29 bits per heavy atom. The second-order valence-electron chi connectivity index (χ2n) is 5.00. The van der Waals surface area contributed by atoms with Gasteiger partial charge in [0.15, 0.2) is 0 Å². The molecule has 0 bridgehead atoms. The Morgan fingerprint density at radius 2 is 2.08 bits per heavy atom. The first-order chi connectivity index (χ1) is 11.5. The zero-order chi connectivity index (χ0) is 17.3. The monoisotopic (exact) mass is 345 g/mol. The van der Waals surface area contributed by atoms with E-state index in [2.05, 4.69) is 15.0 Å². The average Bonchev–Trinajstić information content (AvgIpc) is 2.93. The first kappa shape index (κ1) is 16.0. The number of nitrogens with two attached hydrogens (primary N) is 1. The number of methoxy groups -OCH3 is 2. The number of rotatable bonds is 4. The molecule has 3 rings (SSSR count). The van der Waals surface area contributed by atoms with Gasteiger partial charge in [-0.25, -0.2) is 4.98 Å². The summed E-state index contributed by atoms with van der Waals surface area (Å²) < 4.78 is 9.70. The van der Waals surface area contributed by atoms with E-state index in [1.165, 1.54) is 18.4 Å². The Bertz CT molecular complexity index is 951. The molecule has 24 heavy (non-hydrogen) atoms. The van der Waals surface area contributed by atoms with Crippen LogP contribution in [-0.2, 0) is 9.53 Å². The highest BCUT2D eigenvalue weighted by molar-refractivity contribution is 7.21. The standard InChI is InChI=1S/C16H15N3O4S/c1-22-9-3-4-11-8(5-9)6-10-13(17)14(24-16(10)19-11)15(21)18-7-12(20)23-2/h3-6H,7,17H2,1-2H3,(H,18,21). The molecule has 124 valence electrons. The summed E-state index contributed by atoms with van der Waals surface area (Å²) in [4.78, 5) is 28.9. The molecular formula is C16H15N3O4S. The molecule has 0 fully saturated rings. The lowest BCUT2D eigenvalue weighted by molar-refractivity contribution is -0.139. The summed E-state index contributed by atoms with van der Waals surface area (Å²) >= 11 is 1.18. The highest BCUT2D eigenvalue weighted by Crippen LogP contribution is 2.35. The second-order valence-corrected chi connectivity index (χ2v) is 6.00. The number of nitrogen functional groups attached to an aromatic ring is 1. The van der Waals surface area contributed by atoms with Gasteiger partial charge in [-0.1, -0.05) is 0 Å². The van der Waals surface area contributed by atoms with Crippen LogP contribution in [0.2, 0.25) is 0 Å². The lowest BCUT2D eigenvalue weighted by Crippen LogP contribution is -2.29. The van der Waals surface area contributed by atoms with Crippen molar-refractivity contribution in [2.45, 2.75) is 0 Å². The number of amides is 1. The van der Waals surface area contributed by atoms with Crippen LogP contribution in [0.25, 0.3) is 21.1 Å². The Balaban J connectivity index is 2.01. The zero-order valence-electron chi connectivity index (χ0n) is 13.1. The van der Waals surface area contributed by atoms with Crippen LogP contribution in [0.4, 0.5) is 5.69 Å². The Morgan fingerprint density at radius 3 is 2.79 bits per heavy atom. The fraction of sp³-hybridized carbons (Fsp3) is 0.188. The van der Waals surface area contributed by atoms with Gasteiger partial charge < -0.3 is 20.5 Å². The molecule has 2 heterocycles. The largest absolute Gasteiger partial charge is 0.497 e. The van der Waals surface area contributed by atoms with Crippen LogP contribution in [0.15, 0.2) is 24.3 Å². The number of thiophene rings is 1. The minimum absolute atomic E-state index is 0.213. The predicted octanol–water partition coefficient (Wildman–Crippen LogP) is 1.94. The van der Waals surface area contributed by atoms with Crippen LogP contribution >= 0.6 is 11.3 Å². The predicted molar refractivity (Wildman–Crippen MR) is 92.4 cm³/mol. The zero-order valence-corrected chi connectivity index (χ0v) is 13.9. The van der Waals surface area contributed by atoms with Crippen LogP contribution in [0.3, 0.4) is 0 Å². The maximum absolute atomic E-state index is 12.2. The number of benzene rings is 1. The summed E-state index contributed by atoms with van der Waals surface area (Å²) in [5.41, 5.74) is 7.23. The number of fused-ring (bicyclic) bond motifs is 2. The maximum atomic E-state index is 12.2. The Hall–Kier alpha value is -2.87. The van der Waals surface area contributed by atoms with Crippen molar-refractivity contribution < 1.29 is 19.1 Å². The van der Waals surface area contributed by atoms with Gasteiger partial charge in [0.1, 0.15) is 22.0 Å². The summed E-state index contributed by atoms with van der Waals surface area (Å²) in [6, 6.07) is 7.40. The number of hydrogen-bond acceptors (Lipinski definition) is 7. The summed E-state index contributed by atoms with van der Waals surface area (Å²) in [6.45, 7) is -0.213. The molecule has 0 aliphatic rings. The minimum atomic E-state index is -0.529. The van der Waals surface area contributed by atoms with Crippen molar-refractivity contribution in [3.63, 3.8) is 0 Å². The van der Waals surface area contributed by atoms with Crippen molar-refractivity contribution in [2.75, 3.05) is 26.5 Å². The molecule has 3 N–H and O–H groups in total. The molecule has 0 unspecified atom stereocenters. The van der Waals surface area contributed by atoms with Crippen molar-refractivity contribution in [1.29, 1.82) is 0 Å². The smallest absolute Gasteiger partial charge is 0.325 e. The number of carbonyl (C=O) groups is 2. The van der Waals surface area contributed by atoms with Crippen LogP contribution in [-0.4, -0.2) is 37.6 Å². The summed E-state index contributed by atoms with van der Waals surface area (Å²) in [6.07, 6.45) is 0. The normalized spacial score (nSPS) is 10.8. The third-order valence-corrected chi connectivity index (χ3v) is 4.66. The highest BCUT2D eigenvalue weighted by atomic mass is 32.1. The number of aromatic nitrogens is 1. The number of hydrogen-bond donors (Lipinski definition) is 2. The minimum Gasteiger partial charge on any atom is -0.497 e. The molecule has 8 heteroatoms. The number of ether oxygens (including phenoxy) is 2. The molecule has 1 amide bonds. The molecule has 7 nitrogen and oxygen atoms in total. The Labute approximate surface area is 141 Å². The van der Waals surface area contributed by atoms with E-state index >= 15 is 0 Å². The topological polar surface area (TPSA) is 104 Å². The van der Waals surface area contributed by atoms with E-state index in [1.54, 1.807) is 7.11 Å². The molecular weight excluding hydrogens is 330 g/mol. The first-order valence-corrected chi connectivity index (χ1v) is 7.87. The van der Waals surface area contributed by atoms with Gasteiger partial charge in [0.05, 0.1) is 25.4 Å². The van der Waals surface area contributed by atoms with Gasteiger partial charge in [-0.05, 0) is 24.3 Å². The van der Waals surface area contributed by atoms with E-state index in [0.29, 0.717) is 26.5 Å². The van der Waals surface area contributed by atoms with Crippen molar-refractivity contribution in [3.8, 4) is 5.75 Å². The quantitative estimate of drug-likeness (QED) is 0.701. The van der Waals surface area contributed by atoms with E-state index in [1.807, 2.05) is 24.3 Å². The average molecular weight is 345 g/mol. The van der Waals surface area contributed by atoms with Crippen molar-refractivity contribution >= 4 is 50.0 Å². The SMILES string of the molecule is COC(=O)CNC(=O)c1sc2nc3ccc(OC)cc3cc2c1N. The third kappa shape index (κ3) is 2.83. The number of nitrogens with one attached hydrogen (secondary N) is 1. The van der Waals surface area contributed by atoms with E-state index in [4.69, 9.17) is 10.5 Å². The molecule has 0 aliphatic carbocycles. The third-order valence-electron chi connectivity index (χ3n) is 3.55. The van der Waals surface area contributed by atoms with Gasteiger partial charge in [0, 0.05) is 10.8 Å². The lowest BCUT2D eigenvalue weighted by Gasteiger charge is -2.03. The van der Waals surface area contributed by atoms with Crippen molar-refractivity contribution in [1.82, 2.24) is 10.3 Å². The number of pyridine rings is 1. The second kappa shape index (κ2) is 6.32. The number of carbonyl (C=O) groups excluding carboxylic acids is 2. The lowest BCUT2D eigenvalue weighted by atomic mass is 10.1. The number of anilines is 1. The van der Waals surface area contributed by atoms with Crippen LogP contribution in [0, 0.1) is 0 Å². The molecule has 0 atom stereocenters. The fourth-order valence-electron chi connectivity index (χ4n) is 2.28. The van der Waals surface area contributed by atoms with E-state index in [9.17, 15) is 9.59 Å². The summed E-state index contributed by atoms with van der Waals surface area (Å²) in [5.74, 6) is -0.241. The van der Waals surface area contributed by atoms with Crippen LogP contribution in [0.5, 0.6) is 5.75 Å². The maximum Gasteiger partial charge on any atom is 0.325 e. The molecule has 0 aliphatic heterocycles. The number of esters is 1. The van der Waals surface area contributed by atoms with Gasteiger partial charge in [-0.2, -0.15) is 0 Å². The molecule has 0 saturated heterocycles. The van der Waals surface area contributed by atoms with Crippen LogP contribution < -0.4 is 15.8 Å². The highest BCUT2D eigenvalue weighted by Gasteiger charge is 2.18. The van der Waals surface area contributed by atoms with E-state index < -0.39 is 11.9 Å². The van der Waals surface area contributed by atoms with Crippen molar-refractivity contribution in [3.05, 3.63) is 29.1 Å². The fourth-order valence-corrected chi connectivity index (χ4v) is 3.28. The first-order valence-electron chi connectivity index (χ1n) is 7.05. The van der Waals surface area contributed by atoms with E-state index in [-0.39, 0.29) is 6.54 Å². The molecule has 2 aromatic heterocycles. The van der Waals surface area contributed by atoms with Gasteiger partial charge in [-0.15, -0.1) is 11.3 Å². The molecule has 3 aromatic rings.